The fourth-order valence-corrected chi connectivity index (χ4v) is 4.66. The molecule has 5 nitrogen and oxygen atoms in total. The van der Waals surface area contributed by atoms with E-state index in [0.717, 1.165) is 56.9 Å². The van der Waals surface area contributed by atoms with E-state index < -0.39 is 0 Å². The summed E-state index contributed by atoms with van der Waals surface area (Å²) in [5.74, 6) is 0.995. The molecule has 0 spiro atoms. The van der Waals surface area contributed by atoms with Gasteiger partial charge in [-0.3, -0.25) is 4.79 Å². The smallest absolute Gasteiger partial charge is 0.253 e. The van der Waals surface area contributed by atoms with Crippen LogP contribution in [0, 0.1) is 0 Å². The quantitative estimate of drug-likeness (QED) is 0.521. The summed E-state index contributed by atoms with van der Waals surface area (Å²) in [7, 11) is 1.71. The van der Waals surface area contributed by atoms with Gasteiger partial charge in [0, 0.05) is 50.0 Å². The third kappa shape index (κ3) is 6.04. The Labute approximate surface area is 194 Å². The molecule has 0 saturated carbocycles. The number of rotatable bonds is 10. The van der Waals surface area contributed by atoms with Crippen LogP contribution in [0.3, 0.4) is 0 Å². The summed E-state index contributed by atoms with van der Waals surface area (Å²) in [6, 6.07) is 17.0. The number of likely N-dealkylation sites (tertiary alicyclic amines) is 1. The number of nitrogens with zero attached hydrogens (tertiary/aromatic N) is 3. The maximum absolute atomic E-state index is 12.7. The van der Waals surface area contributed by atoms with Crippen LogP contribution < -0.4 is 9.64 Å². The SMILES string of the molecule is CCCN1CCC(N(Cc2cccc(OC)c2)c2ccc(C(=O)N(CC)CC)cc2)CC1. The summed E-state index contributed by atoms with van der Waals surface area (Å²) in [5.41, 5.74) is 3.18. The van der Waals surface area contributed by atoms with Gasteiger partial charge < -0.3 is 19.4 Å². The number of amides is 1. The van der Waals surface area contributed by atoms with E-state index in [2.05, 4.69) is 47.1 Å². The lowest BCUT2D eigenvalue weighted by molar-refractivity contribution is 0.0773. The fraction of sp³-hybridized carbons (Fsp3) is 0.519. The van der Waals surface area contributed by atoms with E-state index in [1.807, 2.05) is 36.9 Å². The van der Waals surface area contributed by atoms with Crippen LogP contribution in [-0.2, 0) is 6.54 Å². The Bertz CT molecular complexity index is 840. The number of anilines is 1. The molecule has 0 bridgehead atoms. The van der Waals surface area contributed by atoms with Crippen molar-refractivity contribution in [2.24, 2.45) is 0 Å². The molecular formula is C27H39N3O2. The highest BCUT2D eigenvalue weighted by Crippen LogP contribution is 2.27. The fourth-order valence-electron chi connectivity index (χ4n) is 4.66. The first-order valence-corrected chi connectivity index (χ1v) is 12.1. The van der Waals surface area contributed by atoms with Crippen molar-refractivity contribution >= 4 is 11.6 Å². The molecule has 1 aliphatic rings. The van der Waals surface area contributed by atoms with Crippen LogP contribution in [0.2, 0.25) is 0 Å². The maximum Gasteiger partial charge on any atom is 0.253 e. The summed E-state index contributed by atoms with van der Waals surface area (Å²) in [5, 5.41) is 0. The first-order valence-electron chi connectivity index (χ1n) is 12.1. The molecule has 3 rings (SSSR count). The molecule has 1 amide bonds. The molecule has 1 aliphatic heterocycles. The average Bonchev–Trinajstić information content (AvgIpc) is 2.84. The minimum Gasteiger partial charge on any atom is -0.497 e. The minimum absolute atomic E-state index is 0.105. The second kappa shape index (κ2) is 11.9. The normalized spacial score (nSPS) is 14.9. The molecule has 0 aliphatic carbocycles. The second-order valence-electron chi connectivity index (χ2n) is 8.58. The van der Waals surface area contributed by atoms with Crippen molar-refractivity contribution in [1.29, 1.82) is 0 Å². The van der Waals surface area contributed by atoms with Gasteiger partial charge in [0.2, 0.25) is 0 Å². The van der Waals surface area contributed by atoms with Crippen molar-refractivity contribution in [3.05, 3.63) is 59.7 Å². The Morgan fingerprint density at radius 1 is 1.03 bits per heavy atom. The minimum atomic E-state index is 0.105. The molecule has 0 unspecified atom stereocenters. The Balaban J connectivity index is 1.82. The predicted octanol–water partition coefficient (Wildman–Crippen LogP) is 5.06. The molecule has 5 heteroatoms. The average molecular weight is 438 g/mol. The van der Waals surface area contributed by atoms with Crippen molar-refractivity contribution in [2.45, 2.75) is 52.6 Å². The molecule has 0 atom stereocenters. The van der Waals surface area contributed by atoms with E-state index in [9.17, 15) is 4.79 Å². The lowest BCUT2D eigenvalue weighted by atomic mass is 10.0. The summed E-state index contributed by atoms with van der Waals surface area (Å²) in [6.07, 6.45) is 3.52. The lowest BCUT2D eigenvalue weighted by Crippen LogP contribution is -2.45. The standard InChI is InChI=1S/C27H39N3O2/c1-5-17-28-18-15-25(16-19-28)30(21-22-9-8-10-26(20-22)32-4)24-13-11-23(12-14-24)27(31)29(6-2)7-3/h8-14,20,25H,5-7,15-19,21H2,1-4H3. The van der Waals surface area contributed by atoms with Gasteiger partial charge in [0.15, 0.2) is 0 Å². The number of piperidine rings is 1. The molecule has 1 heterocycles. The molecule has 2 aromatic rings. The largest absolute Gasteiger partial charge is 0.497 e. The van der Waals surface area contributed by atoms with Crippen LogP contribution >= 0.6 is 0 Å². The predicted molar refractivity (Wildman–Crippen MR) is 133 cm³/mol. The third-order valence-corrected chi connectivity index (χ3v) is 6.52. The Hall–Kier alpha value is -2.53. The maximum atomic E-state index is 12.7. The Morgan fingerprint density at radius 2 is 1.72 bits per heavy atom. The van der Waals surface area contributed by atoms with Crippen LogP contribution in [0.25, 0.3) is 0 Å². The zero-order chi connectivity index (χ0) is 22.9. The van der Waals surface area contributed by atoms with Crippen molar-refractivity contribution < 1.29 is 9.53 Å². The van der Waals surface area contributed by atoms with E-state index in [0.29, 0.717) is 6.04 Å². The van der Waals surface area contributed by atoms with E-state index in [4.69, 9.17) is 4.74 Å². The van der Waals surface area contributed by atoms with E-state index in [1.54, 1.807) is 7.11 Å². The van der Waals surface area contributed by atoms with Gasteiger partial charge in [-0.1, -0.05) is 19.1 Å². The Kier molecular flexibility index (Phi) is 8.98. The van der Waals surface area contributed by atoms with Gasteiger partial charge in [0.25, 0.3) is 5.91 Å². The summed E-state index contributed by atoms with van der Waals surface area (Å²) >= 11 is 0. The van der Waals surface area contributed by atoms with Crippen molar-refractivity contribution in [1.82, 2.24) is 9.80 Å². The van der Waals surface area contributed by atoms with E-state index in [-0.39, 0.29) is 5.91 Å². The van der Waals surface area contributed by atoms with E-state index in [1.165, 1.54) is 24.2 Å². The molecule has 32 heavy (non-hydrogen) atoms. The van der Waals surface area contributed by atoms with Gasteiger partial charge in [-0.2, -0.15) is 0 Å². The monoisotopic (exact) mass is 437 g/mol. The summed E-state index contributed by atoms with van der Waals surface area (Å²) in [6.45, 7) is 12.1. The molecule has 174 valence electrons. The van der Waals surface area contributed by atoms with Crippen LogP contribution in [0.5, 0.6) is 5.75 Å². The zero-order valence-electron chi connectivity index (χ0n) is 20.2. The van der Waals surface area contributed by atoms with Gasteiger partial charge in [0.1, 0.15) is 5.75 Å². The first kappa shape index (κ1) is 24.1. The summed E-state index contributed by atoms with van der Waals surface area (Å²) < 4.78 is 5.45. The number of methoxy groups -OCH3 is 1. The molecule has 0 N–H and O–H groups in total. The number of benzene rings is 2. The molecule has 1 saturated heterocycles. The van der Waals surface area contributed by atoms with Crippen molar-refractivity contribution in [2.75, 3.05) is 44.7 Å². The summed E-state index contributed by atoms with van der Waals surface area (Å²) in [4.78, 5) is 19.7. The highest BCUT2D eigenvalue weighted by Gasteiger charge is 2.25. The third-order valence-electron chi connectivity index (χ3n) is 6.52. The van der Waals surface area contributed by atoms with E-state index >= 15 is 0 Å². The van der Waals surface area contributed by atoms with Crippen molar-refractivity contribution in [3.63, 3.8) is 0 Å². The van der Waals surface area contributed by atoms with Crippen LogP contribution in [0.15, 0.2) is 48.5 Å². The molecule has 2 aromatic carbocycles. The molecule has 0 aromatic heterocycles. The highest BCUT2D eigenvalue weighted by molar-refractivity contribution is 5.94. The van der Waals surface area contributed by atoms with Gasteiger partial charge in [-0.15, -0.1) is 0 Å². The topological polar surface area (TPSA) is 36.0 Å². The first-order chi connectivity index (χ1) is 15.6. The van der Waals surface area contributed by atoms with Crippen LogP contribution in [0.4, 0.5) is 5.69 Å². The van der Waals surface area contributed by atoms with Crippen LogP contribution in [-0.4, -0.2) is 61.6 Å². The van der Waals surface area contributed by atoms with Gasteiger partial charge in [-0.25, -0.2) is 0 Å². The highest BCUT2D eigenvalue weighted by atomic mass is 16.5. The lowest BCUT2D eigenvalue weighted by Gasteiger charge is -2.40. The second-order valence-corrected chi connectivity index (χ2v) is 8.58. The number of carbonyl (C=O) groups is 1. The van der Waals surface area contributed by atoms with Gasteiger partial charge in [0.05, 0.1) is 7.11 Å². The van der Waals surface area contributed by atoms with Crippen molar-refractivity contribution in [3.8, 4) is 5.75 Å². The van der Waals surface area contributed by atoms with Gasteiger partial charge in [-0.05, 0) is 81.6 Å². The van der Waals surface area contributed by atoms with Crippen LogP contribution in [0.1, 0.15) is 56.0 Å². The number of carbonyl (C=O) groups excluding carboxylic acids is 1. The Morgan fingerprint density at radius 3 is 2.31 bits per heavy atom. The van der Waals surface area contributed by atoms with Gasteiger partial charge >= 0.3 is 0 Å². The number of hydrogen-bond donors (Lipinski definition) is 0. The molecule has 1 fully saturated rings. The zero-order valence-corrected chi connectivity index (χ0v) is 20.2. The molecule has 0 radical (unpaired) electrons. The number of hydrogen-bond acceptors (Lipinski definition) is 4. The molecular weight excluding hydrogens is 398 g/mol. The number of ether oxygens (including phenoxy) is 1.